The number of hydrogen-bond donors (Lipinski definition) is 1. The second kappa shape index (κ2) is 5.79. The van der Waals surface area contributed by atoms with Gasteiger partial charge < -0.3 is 5.32 Å². The van der Waals surface area contributed by atoms with Crippen molar-refractivity contribution in [3.05, 3.63) is 24.4 Å². The fourth-order valence-corrected chi connectivity index (χ4v) is 5.30. The summed E-state index contributed by atoms with van der Waals surface area (Å²) < 4.78 is 1.86. The largest absolute Gasteiger partial charge is 0.309 e. The monoisotopic (exact) mass is 354 g/mol. The Labute approximate surface area is 151 Å². The summed E-state index contributed by atoms with van der Waals surface area (Å²) in [6, 6.07) is 2.08. The van der Waals surface area contributed by atoms with Crippen molar-refractivity contribution in [2.24, 2.45) is 23.7 Å². The summed E-state index contributed by atoms with van der Waals surface area (Å²) >= 11 is 0. The topological polar surface area (TPSA) is 84.3 Å². The van der Waals surface area contributed by atoms with Gasteiger partial charge in [-0.15, -0.1) is 0 Å². The van der Waals surface area contributed by atoms with Crippen LogP contribution in [0.25, 0.3) is 0 Å². The number of anilines is 1. The molecule has 3 aliphatic carbocycles. The number of likely N-dealkylation sites (tertiary alicyclic amines) is 1. The van der Waals surface area contributed by atoms with Crippen molar-refractivity contribution in [2.75, 3.05) is 11.9 Å². The molecule has 1 aliphatic heterocycles. The van der Waals surface area contributed by atoms with Gasteiger partial charge in [0.2, 0.25) is 17.7 Å². The maximum Gasteiger partial charge on any atom is 0.245 e. The first-order valence-corrected chi connectivity index (χ1v) is 9.50. The fraction of sp³-hybridized carbons (Fsp3) is 0.579. The highest BCUT2D eigenvalue weighted by atomic mass is 16.2. The Morgan fingerprint density at radius 1 is 1.12 bits per heavy atom. The van der Waals surface area contributed by atoms with Crippen molar-refractivity contribution >= 4 is 23.5 Å². The number of rotatable bonds is 4. The van der Waals surface area contributed by atoms with Crippen LogP contribution in [-0.2, 0) is 14.4 Å². The number of aromatic nitrogens is 2. The van der Waals surface area contributed by atoms with E-state index in [2.05, 4.69) is 22.6 Å². The summed E-state index contributed by atoms with van der Waals surface area (Å²) in [6.45, 7) is -0.208. The van der Waals surface area contributed by atoms with Crippen LogP contribution in [0.4, 0.5) is 5.82 Å². The minimum absolute atomic E-state index is 0.165. The van der Waals surface area contributed by atoms with Gasteiger partial charge in [0.05, 0.1) is 24.1 Å². The van der Waals surface area contributed by atoms with Crippen molar-refractivity contribution < 1.29 is 14.4 Å². The summed E-state index contributed by atoms with van der Waals surface area (Å²) in [5.74, 6) is -0.248. The van der Waals surface area contributed by atoms with Crippen LogP contribution in [-0.4, -0.2) is 38.9 Å². The van der Waals surface area contributed by atoms with E-state index in [1.54, 1.807) is 12.3 Å². The van der Waals surface area contributed by atoms with Crippen molar-refractivity contribution in [1.29, 1.82) is 0 Å². The fourth-order valence-electron chi connectivity index (χ4n) is 5.30. The van der Waals surface area contributed by atoms with E-state index >= 15 is 0 Å². The molecular weight excluding hydrogens is 332 g/mol. The van der Waals surface area contributed by atoms with E-state index in [1.807, 2.05) is 4.68 Å². The number of nitrogens with zero attached hydrogens (tertiary/aromatic N) is 3. The molecular formula is C19H22N4O3. The average Bonchev–Trinajstić information content (AvgIpc) is 3.41. The lowest BCUT2D eigenvalue weighted by molar-refractivity contribution is -0.143. The number of hydrogen-bond acceptors (Lipinski definition) is 4. The van der Waals surface area contributed by atoms with Crippen LogP contribution < -0.4 is 5.32 Å². The molecule has 4 atom stereocenters. The van der Waals surface area contributed by atoms with E-state index in [-0.39, 0.29) is 47.9 Å². The zero-order valence-corrected chi connectivity index (χ0v) is 14.5. The van der Waals surface area contributed by atoms with Crippen LogP contribution >= 0.6 is 0 Å². The van der Waals surface area contributed by atoms with Crippen LogP contribution in [0.3, 0.4) is 0 Å². The summed E-state index contributed by atoms with van der Waals surface area (Å²) in [7, 11) is 0. The van der Waals surface area contributed by atoms with E-state index < -0.39 is 0 Å². The van der Waals surface area contributed by atoms with Gasteiger partial charge in [-0.2, -0.15) is 5.10 Å². The van der Waals surface area contributed by atoms with Gasteiger partial charge >= 0.3 is 0 Å². The highest BCUT2D eigenvalue weighted by Gasteiger charge is 2.59. The first-order valence-electron chi connectivity index (χ1n) is 9.50. The Kier molecular flexibility index (Phi) is 3.52. The molecule has 1 aromatic heterocycles. The SMILES string of the molecule is O=C(CN1C(=O)C2C3C=CC(C3)C2C1=O)Nc1ccnn1C1CCCC1. The Morgan fingerprint density at radius 2 is 1.77 bits per heavy atom. The van der Waals surface area contributed by atoms with Gasteiger partial charge in [0, 0.05) is 6.07 Å². The van der Waals surface area contributed by atoms with Gasteiger partial charge in [-0.05, 0) is 31.1 Å². The van der Waals surface area contributed by atoms with E-state index in [1.165, 1.54) is 12.8 Å². The van der Waals surface area contributed by atoms with Crippen LogP contribution in [0, 0.1) is 23.7 Å². The van der Waals surface area contributed by atoms with Crippen LogP contribution in [0.5, 0.6) is 0 Å². The minimum atomic E-state index is -0.341. The second-order valence-electron chi connectivity index (χ2n) is 7.91. The number of allylic oxidation sites excluding steroid dienone is 2. The number of nitrogens with one attached hydrogen (secondary N) is 1. The lowest BCUT2D eigenvalue weighted by Gasteiger charge is -2.18. The Bertz CT molecular complexity index is 777. The predicted octanol–water partition coefficient (Wildman–Crippen LogP) is 1.74. The highest BCUT2D eigenvalue weighted by Crippen LogP contribution is 2.52. The van der Waals surface area contributed by atoms with Crippen LogP contribution in [0.2, 0.25) is 0 Å². The molecule has 136 valence electrons. The molecule has 2 heterocycles. The smallest absolute Gasteiger partial charge is 0.245 e. The third kappa shape index (κ3) is 2.26. The third-order valence-corrected chi connectivity index (χ3v) is 6.47. The normalized spacial score (nSPS) is 32.7. The minimum Gasteiger partial charge on any atom is -0.309 e. The Hall–Kier alpha value is -2.44. The average molecular weight is 354 g/mol. The number of imide groups is 1. The summed E-state index contributed by atoms with van der Waals surface area (Å²) in [5.41, 5.74) is 0. The van der Waals surface area contributed by atoms with Gasteiger partial charge in [-0.3, -0.25) is 19.3 Å². The van der Waals surface area contributed by atoms with E-state index in [9.17, 15) is 14.4 Å². The zero-order valence-electron chi connectivity index (χ0n) is 14.5. The second-order valence-corrected chi connectivity index (χ2v) is 7.91. The molecule has 0 radical (unpaired) electrons. The van der Waals surface area contributed by atoms with E-state index in [4.69, 9.17) is 0 Å². The lowest BCUT2D eigenvalue weighted by atomic mass is 9.85. The molecule has 7 heteroatoms. The molecule has 4 unspecified atom stereocenters. The van der Waals surface area contributed by atoms with E-state index in [0.717, 1.165) is 24.2 Å². The third-order valence-electron chi connectivity index (χ3n) is 6.47. The van der Waals surface area contributed by atoms with Crippen molar-refractivity contribution in [3.63, 3.8) is 0 Å². The van der Waals surface area contributed by atoms with Crippen molar-refractivity contribution in [2.45, 2.75) is 38.1 Å². The molecule has 26 heavy (non-hydrogen) atoms. The van der Waals surface area contributed by atoms with Crippen molar-refractivity contribution in [3.8, 4) is 0 Å². The molecule has 4 aliphatic rings. The maximum atomic E-state index is 12.7. The lowest BCUT2D eigenvalue weighted by Crippen LogP contribution is -2.39. The Balaban J connectivity index is 1.28. The molecule has 1 saturated heterocycles. The summed E-state index contributed by atoms with van der Waals surface area (Å²) in [5, 5.41) is 7.17. The molecule has 0 spiro atoms. The molecule has 7 nitrogen and oxygen atoms in total. The molecule has 2 saturated carbocycles. The summed E-state index contributed by atoms with van der Waals surface area (Å²) in [4.78, 5) is 39.0. The first-order chi connectivity index (χ1) is 12.6. The molecule has 1 N–H and O–H groups in total. The van der Waals surface area contributed by atoms with Gasteiger partial charge in [-0.1, -0.05) is 25.0 Å². The quantitative estimate of drug-likeness (QED) is 0.659. The first kappa shape index (κ1) is 15.8. The molecule has 2 bridgehead atoms. The van der Waals surface area contributed by atoms with Gasteiger partial charge in [0.25, 0.3) is 0 Å². The van der Waals surface area contributed by atoms with E-state index in [0.29, 0.717) is 11.9 Å². The molecule has 3 amide bonds. The molecule has 1 aromatic rings. The highest BCUT2D eigenvalue weighted by molar-refractivity contribution is 6.09. The van der Waals surface area contributed by atoms with Gasteiger partial charge in [-0.25, -0.2) is 4.68 Å². The summed E-state index contributed by atoms with van der Waals surface area (Å²) in [6.07, 6.45) is 11.2. The zero-order chi connectivity index (χ0) is 17.8. The van der Waals surface area contributed by atoms with Crippen LogP contribution in [0.15, 0.2) is 24.4 Å². The number of amides is 3. The molecule has 3 fully saturated rings. The van der Waals surface area contributed by atoms with Crippen molar-refractivity contribution in [1.82, 2.24) is 14.7 Å². The van der Waals surface area contributed by atoms with Gasteiger partial charge in [0.1, 0.15) is 12.4 Å². The molecule has 5 rings (SSSR count). The Morgan fingerprint density at radius 3 is 2.42 bits per heavy atom. The van der Waals surface area contributed by atoms with Gasteiger partial charge in [0.15, 0.2) is 0 Å². The standard InChI is InChI=1S/C19H22N4O3/c24-15(21-14-7-8-20-23(14)13-3-1-2-4-13)10-22-18(25)16-11-5-6-12(9-11)17(16)19(22)26/h5-8,11-13,16-17H,1-4,9-10H2,(H,21,24). The molecule has 0 aromatic carbocycles. The number of carbonyl (C=O) groups excluding carboxylic acids is 3. The maximum absolute atomic E-state index is 12.7. The number of carbonyl (C=O) groups is 3. The number of fused-ring (bicyclic) bond motifs is 5. The van der Waals surface area contributed by atoms with Crippen LogP contribution in [0.1, 0.15) is 38.1 Å². The predicted molar refractivity (Wildman–Crippen MR) is 92.8 cm³/mol.